The smallest absolute Gasteiger partial charge is 0.448 e. The molecule has 1 atom stereocenters. The van der Waals surface area contributed by atoms with Crippen LogP contribution in [0.5, 0.6) is 5.75 Å². The minimum atomic E-state index is -4.73. The molecule has 1 aromatic rings. The molecule has 0 aliphatic heterocycles. The van der Waals surface area contributed by atoms with Crippen molar-refractivity contribution >= 4 is 19.2 Å². The van der Waals surface area contributed by atoms with Crippen LogP contribution in [0, 0.1) is 0 Å². The number of nitrogens with zero attached hydrogens (tertiary/aromatic N) is 1. The number of hydrogen-bond acceptors (Lipinski definition) is 4. The number of aliphatic hydroxyl groups excluding tert-OH is 1. The van der Waals surface area contributed by atoms with Gasteiger partial charge in [-0.15, -0.1) is 0 Å². The zero-order valence-electron chi connectivity index (χ0n) is 12.2. The zero-order chi connectivity index (χ0) is 17.2. The molecule has 1 aromatic carbocycles. The number of phenols is 1. The number of carbonyl (C=O) groups excluding carboxylic acids is 1. The number of carbonyl (C=O) groups is 1. The first-order valence-corrected chi connectivity index (χ1v) is 8.32. The van der Waals surface area contributed by atoms with Gasteiger partial charge in [0.2, 0.25) is 0 Å². The molecule has 1 unspecified atom stereocenters. The van der Waals surface area contributed by atoms with Gasteiger partial charge in [-0.1, -0.05) is 19.1 Å². The normalized spacial score (nSPS) is 18.3. The number of benzene rings is 1. The summed E-state index contributed by atoms with van der Waals surface area (Å²) in [4.78, 5) is 30.6. The van der Waals surface area contributed by atoms with Gasteiger partial charge in [-0.05, 0) is 29.8 Å². The lowest BCUT2D eigenvalue weighted by Gasteiger charge is -2.18. The zero-order valence-corrected chi connectivity index (χ0v) is 13.1. The Balaban J connectivity index is 2.39. The number of aromatic hydroxyl groups is 1. The Morgan fingerprint density at radius 2 is 1.96 bits per heavy atom. The van der Waals surface area contributed by atoms with E-state index in [2.05, 4.69) is 4.76 Å². The standard InChI is InChI=1S/C15H16NO6P/c1-9(10-3-2-4-11(17)7-10)15(19)13-6-5-12(18)8-14(13)16-23(20,21)22/h2-7,9,17-18H,8H2,1H3,(H2,20,21,22). The van der Waals surface area contributed by atoms with Crippen molar-refractivity contribution in [1.29, 1.82) is 0 Å². The van der Waals surface area contributed by atoms with Crippen LogP contribution in [0.15, 0.2) is 52.5 Å². The highest BCUT2D eigenvalue weighted by Crippen LogP contribution is 2.39. The molecule has 0 radical (unpaired) electrons. The minimum absolute atomic E-state index is 0.0152. The average Bonchev–Trinajstić information content (AvgIpc) is 2.44. The fourth-order valence-corrected chi connectivity index (χ4v) is 2.74. The Labute approximate surface area is 132 Å². The highest BCUT2D eigenvalue weighted by Gasteiger charge is 2.27. The summed E-state index contributed by atoms with van der Waals surface area (Å²) in [6.45, 7) is 1.62. The second-order valence-electron chi connectivity index (χ2n) is 5.16. The van der Waals surface area contributed by atoms with Crippen molar-refractivity contribution in [2.75, 3.05) is 0 Å². The lowest BCUT2D eigenvalue weighted by atomic mass is 9.87. The Morgan fingerprint density at radius 1 is 1.26 bits per heavy atom. The van der Waals surface area contributed by atoms with Crippen molar-refractivity contribution in [1.82, 2.24) is 0 Å². The largest absolute Gasteiger partial charge is 0.512 e. The summed E-state index contributed by atoms with van der Waals surface area (Å²) in [5.41, 5.74) is 0.433. The minimum Gasteiger partial charge on any atom is -0.512 e. The van der Waals surface area contributed by atoms with E-state index >= 15 is 0 Å². The van der Waals surface area contributed by atoms with Crippen molar-refractivity contribution in [3.8, 4) is 5.75 Å². The van der Waals surface area contributed by atoms with Crippen molar-refractivity contribution in [2.24, 2.45) is 4.76 Å². The summed E-state index contributed by atoms with van der Waals surface area (Å²) in [5.74, 6) is -1.18. The Morgan fingerprint density at radius 3 is 2.57 bits per heavy atom. The molecule has 1 aliphatic carbocycles. The molecule has 1 aliphatic rings. The monoisotopic (exact) mass is 337 g/mol. The third-order valence-corrected chi connectivity index (χ3v) is 3.88. The maximum absolute atomic E-state index is 12.6. The van der Waals surface area contributed by atoms with Gasteiger partial charge in [0.05, 0.1) is 11.5 Å². The van der Waals surface area contributed by atoms with Gasteiger partial charge in [-0.2, -0.15) is 4.76 Å². The first kappa shape index (κ1) is 17.1. The molecule has 0 fully saturated rings. The molecule has 0 amide bonds. The lowest BCUT2D eigenvalue weighted by molar-refractivity contribution is -0.116. The Kier molecular flexibility index (Phi) is 4.85. The molecular formula is C15H16NO6P. The summed E-state index contributed by atoms with van der Waals surface area (Å²) in [5, 5.41) is 19.0. The van der Waals surface area contributed by atoms with E-state index < -0.39 is 19.4 Å². The number of allylic oxidation sites excluding steroid dienone is 4. The topological polar surface area (TPSA) is 127 Å². The Bertz CT molecular complexity index is 774. The first-order chi connectivity index (χ1) is 10.7. The summed E-state index contributed by atoms with van der Waals surface area (Å²) < 4.78 is 14.4. The molecule has 0 saturated heterocycles. The molecule has 0 saturated carbocycles. The van der Waals surface area contributed by atoms with Gasteiger partial charge < -0.3 is 20.0 Å². The van der Waals surface area contributed by atoms with Gasteiger partial charge in [-0.25, -0.2) is 4.57 Å². The fourth-order valence-electron chi connectivity index (χ4n) is 2.25. The van der Waals surface area contributed by atoms with Gasteiger partial charge in [0.15, 0.2) is 5.78 Å². The van der Waals surface area contributed by atoms with E-state index in [0.717, 1.165) is 0 Å². The highest BCUT2D eigenvalue weighted by molar-refractivity contribution is 7.50. The molecule has 0 spiro atoms. The Hall–Kier alpha value is -2.21. The molecule has 0 aromatic heterocycles. The van der Waals surface area contributed by atoms with Crippen LogP contribution >= 0.6 is 7.75 Å². The van der Waals surface area contributed by atoms with E-state index in [1.54, 1.807) is 19.1 Å². The number of hydrogen-bond donors (Lipinski definition) is 4. The quantitative estimate of drug-likeness (QED) is 0.625. The molecule has 7 nitrogen and oxygen atoms in total. The van der Waals surface area contributed by atoms with E-state index in [9.17, 15) is 19.6 Å². The molecule has 8 heteroatoms. The SMILES string of the molecule is CC(C(=O)C1=CC=C(O)CC1=NP(=O)(O)O)c1cccc(O)c1. The number of aliphatic hydroxyl groups is 1. The molecule has 4 N–H and O–H groups in total. The molecule has 23 heavy (non-hydrogen) atoms. The van der Waals surface area contributed by atoms with E-state index in [0.29, 0.717) is 5.56 Å². The molecule has 2 rings (SSSR count). The van der Waals surface area contributed by atoms with Crippen molar-refractivity contribution in [3.05, 3.63) is 53.3 Å². The van der Waals surface area contributed by atoms with Crippen LogP contribution in [0.1, 0.15) is 24.8 Å². The second kappa shape index (κ2) is 6.50. The first-order valence-electron chi connectivity index (χ1n) is 6.75. The van der Waals surface area contributed by atoms with Crippen molar-refractivity contribution < 1.29 is 29.4 Å². The summed E-state index contributed by atoms with van der Waals surface area (Å²) >= 11 is 0. The van der Waals surface area contributed by atoms with Crippen molar-refractivity contribution in [3.63, 3.8) is 0 Å². The highest BCUT2D eigenvalue weighted by atomic mass is 31.2. The van der Waals surface area contributed by atoms with Crippen LogP contribution < -0.4 is 0 Å². The van der Waals surface area contributed by atoms with Gasteiger partial charge in [0.1, 0.15) is 5.75 Å². The van der Waals surface area contributed by atoms with Crippen LogP contribution in [0.25, 0.3) is 0 Å². The lowest BCUT2D eigenvalue weighted by Crippen LogP contribution is -2.21. The van der Waals surface area contributed by atoms with Crippen LogP contribution in [0.3, 0.4) is 0 Å². The number of rotatable bonds is 4. The number of Topliss-reactive ketones (excluding diaryl/α,β-unsaturated/α-hetero) is 1. The molecule has 0 heterocycles. The van der Waals surface area contributed by atoms with E-state index in [1.807, 2.05) is 0 Å². The van der Waals surface area contributed by atoms with Gasteiger partial charge >= 0.3 is 7.75 Å². The van der Waals surface area contributed by atoms with Gasteiger partial charge in [-0.3, -0.25) is 4.79 Å². The van der Waals surface area contributed by atoms with Crippen molar-refractivity contribution in [2.45, 2.75) is 19.3 Å². The predicted octanol–water partition coefficient (Wildman–Crippen LogP) is 2.37. The van der Waals surface area contributed by atoms with E-state index in [-0.39, 0.29) is 29.2 Å². The fraction of sp³-hybridized carbons (Fsp3) is 0.200. The number of phenolic OH excluding ortho intramolecular Hbond substituents is 1. The van der Waals surface area contributed by atoms with Gasteiger partial charge in [0.25, 0.3) is 0 Å². The van der Waals surface area contributed by atoms with E-state index in [1.165, 1.54) is 24.3 Å². The summed E-state index contributed by atoms with van der Waals surface area (Å²) in [6, 6.07) is 6.18. The average molecular weight is 337 g/mol. The van der Waals surface area contributed by atoms with Gasteiger partial charge in [0, 0.05) is 17.9 Å². The second-order valence-corrected chi connectivity index (χ2v) is 6.38. The summed E-state index contributed by atoms with van der Waals surface area (Å²) in [7, 11) is -4.73. The maximum Gasteiger partial charge on any atom is 0.448 e. The van der Waals surface area contributed by atoms with E-state index in [4.69, 9.17) is 9.79 Å². The third-order valence-electron chi connectivity index (χ3n) is 3.38. The predicted molar refractivity (Wildman–Crippen MR) is 84.4 cm³/mol. The third kappa shape index (κ3) is 4.39. The van der Waals surface area contributed by atoms with Crippen LogP contribution in [-0.4, -0.2) is 31.5 Å². The van der Waals surface area contributed by atoms with Crippen LogP contribution in [0.2, 0.25) is 0 Å². The summed E-state index contributed by atoms with van der Waals surface area (Å²) in [6.07, 6.45) is 2.35. The molecule has 122 valence electrons. The van der Waals surface area contributed by atoms with Crippen LogP contribution in [0.4, 0.5) is 0 Å². The van der Waals surface area contributed by atoms with Crippen LogP contribution in [-0.2, 0) is 9.36 Å². The molecular weight excluding hydrogens is 321 g/mol. The maximum atomic E-state index is 12.6. The number of ketones is 1. The molecule has 0 bridgehead atoms.